The van der Waals surface area contributed by atoms with Gasteiger partial charge in [0.25, 0.3) is 0 Å². The third-order valence-corrected chi connectivity index (χ3v) is 3.32. The van der Waals surface area contributed by atoms with Gasteiger partial charge >= 0.3 is 0 Å². The number of nitrogens with one attached hydrogen (secondary N) is 1. The molecule has 0 aromatic carbocycles. The second kappa shape index (κ2) is 5.87. The summed E-state index contributed by atoms with van der Waals surface area (Å²) in [5.74, 6) is 0. The van der Waals surface area contributed by atoms with E-state index in [0.717, 1.165) is 26.0 Å². The van der Waals surface area contributed by atoms with Crippen molar-refractivity contribution in [2.24, 2.45) is 7.05 Å². The predicted octanol–water partition coefficient (Wildman–Crippen LogP) is 1.94. The number of fused-ring (bicyclic) bond motifs is 1. The van der Waals surface area contributed by atoms with E-state index in [1.165, 1.54) is 30.4 Å². The van der Waals surface area contributed by atoms with E-state index in [0.29, 0.717) is 6.04 Å². The van der Waals surface area contributed by atoms with Gasteiger partial charge in [-0.3, -0.25) is 4.68 Å². The van der Waals surface area contributed by atoms with Gasteiger partial charge in [-0.2, -0.15) is 5.10 Å². The number of ether oxygens (including phenoxy) is 1. The summed E-state index contributed by atoms with van der Waals surface area (Å²) >= 11 is 0. The van der Waals surface area contributed by atoms with Crippen molar-refractivity contribution < 1.29 is 4.74 Å². The molecule has 0 aliphatic heterocycles. The van der Waals surface area contributed by atoms with Gasteiger partial charge in [0.05, 0.1) is 19.1 Å². The fraction of sp³-hybridized carbons (Fsp3) is 0.615. The zero-order valence-electron chi connectivity index (χ0n) is 10.5. The Hall–Kier alpha value is -1.29. The smallest absolute Gasteiger partial charge is 0.0885 e. The molecule has 1 atom stereocenters. The lowest BCUT2D eigenvalue weighted by atomic mass is 9.93. The Morgan fingerprint density at radius 1 is 1.71 bits per heavy atom. The number of hydrogen-bond acceptors (Lipinski definition) is 3. The largest absolute Gasteiger partial charge is 0.502 e. The molecule has 1 unspecified atom stereocenters. The molecule has 0 amide bonds. The van der Waals surface area contributed by atoms with Gasteiger partial charge in [-0.15, -0.1) is 0 Å². The lowest BCUT2D eigenvalue weighted by Crippen LogP contribution is -2.26. The topological polar surface area (TPSA) is 39.1 Å². The molecule has 0 spiro atoms. The van der Waals surface area contributed by atoms with Crippen molar-refractivity contribution in [1.29, 1.82) is 0 Å². The maximum absolute atomic E-state index is 5.10. The Bertz CT molecular complexity index is 373. The SMILES string of the molecule is C=COCCCNC1CCCc2c1cnn2C. The lowest BCUT2D eigenvalue weighted by molar-refractivity contribution is 0.242. The van der Waals surface area contributed by atoms with E-state index in [1.54, 1.807) is 0 Å². The minimum absolute atomic E-state index is 0.469. The molecule has 1 aromatic heterocycles. The van der Waals surface area contributed by atoms with Crippen LogP contribution in [0.2, 0.25) is 0 Å². The number of nitrogens with zero attached hydrogens (tertiary/aromatic N) is 2. The Labute approximate surface area is 103 Å². The van der Waals surface area contributed by atoms with Gasteiger partial charge in [0.15, 0.2) is 0 Å². The molecular formula is C13H21N3O. The van der Waals surface area contributed by atoms with Crippen LogP contribution in [0, 0.1) is 0 Å². The van der Waals surface area contributed by atoms with Gasteiger partial charge in [-0.1, -0.05) is 6.58 Å². The Morgan fingerprint density at radius 2 is 2.59 bits per heavy atom. The van der Waals surface area contributed by atoms with Crippen molar-refractivity contribution in [2.75, 3.05) is 13.2 Å². The molecule has 1 aromatic rings. The van der Waals surface area contributed by atoms with E-state index in [9.17, 15) is 0 Å². The molecule has 1 N–H and O–H groups in total. The number of rotatable bonds is 6. The van der Waals surface area contributed by atoms with Crippen LogP contribution in [0.5, 0.6) is 0 Å². The molecule has 0 saturated heterocycles. The van der Waals surface area contributed by atoms with E-state index in [4.69, 9.17) is 4.74 Å². The molecule has 0 bridgehead atoms. The van der Waals surface area contributed by atoms with Crippen LogP contribution in [0.25, 0.3) is 0 Å². The van der Waals surface area contributed by atoms with E-state index < -0.39 is 0 Å². The molecule has 0 fully saturated rings. The highest BCUT2D eigenvalue weighted by atomic mass is 16.5. The second-order valence-electron chi connectivity index (χ2n) is 4.46. The van der Waals surface area contributed by atoms with Gasteiger partial charge in [0.2, 0.25) is 0 Å². The van der Waals surface area contributed by atoms with Crippen LogP contribution in [0.1, 0.15) is 36.6 Å². The molecule has 4 heteroatoms. The van der Waals surface area contributed by atoms with Gasteiger partial charge in [-0.25, -0.2) is 0 Å². The van der Waals surface area contributed by atoms with Crippen molar-refractivity contribution in [2.45, 2.75) is 31.7 Å². The van der Waals surface area contributed by atoms with E-state index in [-0.39, 0.29) is 0 Å². The van der Waals surface area contributed by atoms with Gasteiger partial charge < -0.3 is 10.1 Å². The van der Waals surface area contributed by atoms with E-state index >= 15 is 0 Å². The molecule has 17 heavy (non-hydrogen) atoms. The van der Waals surface area contributed by atoms with Gasteiger partial charge in [-0.05, 0) is 32.2 Å². The first-order valence-electron chi connectivity index (χ1n) is 6.29. The summed E-state index contributed by atoms with van der Waals surface area (Å²) in [6, 6.07) is 0.469. The standard InChI is InChI=1S/C13H21N3O/c1-3-17-9-5-8-14-12-6-4-7-13-11(12)10-15-16(13)2/h3,10,12,14H,1,4-9H2,2H3. The Morgan fingerprint density at radius 3 is 3.41 bits per heavy atom. The molecule has 94 valence electrons. The third-order valence-electron chi connectivity index (χ3n) is 3.32. The second-order valence-corrected chi connectivity index (χ2v) is 4.46. The summed E-state index contributed by atoms with van der Waals surface area (Å²) in [7, 11) is 2.03. The highest BCUT2D eigenvalue weighted by molar-refractivity contribution is 5.24. The summed E-state index contributed by atoms with van der Waals surface area (Å²) in [6.07, 6.45) is 8.13. The molecular weight excluding hydrogens is 214 g/mol. The van der Waals surface area contributed by atoms with Crippen molar-refractivity contribution in [1.82, 2.24) is 15.1 Å². The normalized spacial score (nSPS) is 18.8. The highest BCUT2D eigenvalue weighted by Crippen LogP contribution is 2.28. The zero-order valence-corrected chi connectivity index (χ0v) is 10.5. The van der Waals surface area contributed by atoms with Gasteiger partial charge in [0, 0.05) is 24.3 Å². The van der Waals surface area contributed by atoms with Gasteiger partial charge in [0.1, 0.15) is 0 Å². The summed E-state index contributed by atoms with van der Waals surface area (Å²) in [5.41, 5.74) is 2.76. The fourth-order valence-corrected chi connectivity index (χ4v) is 2.43. The quantitative estimate of drug-likeness (QED) is 0.605. The summed E-state index contributed by atoms with van der Waals surface area (Å²) in [5, 5.41) is 7.93. The molecule has 4 nitrogen and oxygen atoms in total. The summed E-state index contributed by atoms with van der Waals surface area (Å²) in [6.45, 7) is 5.25. The molecule has 1 aliphatic rings. The van der Waals surface area contributed by atoms with Crippen LogP contribution in [0.15, 0.2) is 19.0 Å². The van der Waals surface area contributed by atoms with Crippen LogP contribution < -0.4 is 5.32 Å². The number of hydrogen-bond donors (Lipinski definition) is 1. The molecule has 0 radical (unpaired) electrons. The number of aromatic nitrogens is 2. The average molecular weight is 235 g/mol. The van der Waals surface area contributed by atoms with Crippen LogP contribution in [-0.2, 0) is 18.2 Å². The summed E-state index contributed by atoms with van der Waals surface area (Å²) in [4.78, 5) is 0. The average Bonchev–Trinajstić information content (AvgIpc) is 2.72. The first-order valence-corrected chi connectivity index (χ1v) is 6.29. The van der Waals surface area contributed by atoms with Crippen molar-refractivity contribution in [3.63, 3.8) is 0 Å². The first-order chi connectivity index (χ1) is 8.33. The van der Waals surface area contributed by atoms with Crippen molar-refractivity contribution in [3.05, 3.63) is 30.3 Å². The van der Waals surface area contributed by atoms with Crippen LogP contribution >= 0.6 is 0 Å². The third kappa shape index (κ3) is 2.88. The predicted molar refractivity (Wildman–Crippen MR) is 67.7 cm³/mol. The fourth-order valence-electron chi connectivity index (χ4n) is 2.43. The zero-order chi connectivity index (χ0) is 12.1. The Balaban J connectivity index is 1.84. The van der Waals surface area contributed by atoms with E-state index in [2.05, 4.69) is 17.0 Å². The summed E-state index contributed by atoms with van der Waals surface area (Å²) < 4.78 is 7.11. The number of aryl methyl sites for hydroxylation is 1. The molecule has 0 saturated carbocycles. The van der Waals surface area contributed by atoms with E-state index in [1.807, 2.05) is 17.9 Å². The minimum atomic E-state index is 0.469. The van der Waals surface area contributed by atoms with Crippen LogP contribution in [0.3, 0.4) is 0 Å². The Kier molecular flexibility index (Phi) is 4.20. The maximum atomic E-state index is 5.10. The molecule has 2 rings (SSSR count). The van der Waals surface area contributed by atoms with Crippen molar-refractivity contribution in [3.8, 4) is 0 Å². The maximum Gasteiger partial charge on any atom is 0.0885 e. The molecule has 1 heterocycles. The molecule has 1 aliphatic carbocycles. The first kappa shape index (κ1) is 12.2. The lowest BCUT2D eigenvalue weighted by Gasteiger charge is -2.23. The minimum Gasteiger partial charge on any atom is -0.502 e. The monoisotopic (exact) mass is 235 g/mol. The van der Waals surface area contributed by atoms with Crippen LogP contribution in [-0.4, -0.2) is 22.9 Å². The van der Waals surface area contributed by atoms with Crippen LogP contribution in [0.4, 0.5) is 0 Å². The highest BCUT2D eigenvalue weighted by Gasteiger charge is 2.22. The van der Waals surface area contributed by atoms with Crippen molar-refractivity contribution >= 4 is 0 Å².